The standard InChI is InChI=1S/C14H21NO5S/c1-19-13-7-6-11(8-14(13)20-2)21(17,18)15-9-10-4-3-5-12(10)16/h6-8,10,12,15-16H,3-5,9H2,1-2H3. The van der Waals surface area contributed by atoms with Crippen molar-refractivity contribution < 1.29 is 23.0 Å². The van der Waals surface area contributed by atoms with Crippen molar-refractivity contribution in [3.05, 3.63) is 18.2 Å². The highest BCUT2D eigenvalue weighted by Gasteiger charge is 2.27. The Bertz CT molecular complexity index is 587. The zero-order chi connectivity index (χ0) is 15.5. The number of sulfonamides is 1. The van der Waals surface area contributed by atoms with Crippen molar-refractivity contribution in [3.63, 3.8) is 0 Å². The molecule has 7 heteroatoms. The van der Waals surface area contributed by atoms with Crippen LogP contribution in [0.3, 0.4) is 0 Å². The average Bonchev–Trinajstić information content (AvgIpc) is 2.89. The molecule has 0 aliphatic heterocycles. The molecule has 0 amide bonds. The smallest absolute Gasteiger partial charge is 0.240 e. The summed E-state index contributed by atoms with van der Waals surface area (Å²) in [7, 11) is -0.679. The summed E-state index contributed by atoms with van der Waals surface area (Å²) in [5.74, 6) is 0.823. The molecule has 1 aromatic rings. The highest BCUT2D eigenvalue weighted by Crippen LogP contribution is 2.30. The second kappa shape index (κ2) is 6.64. The third-order valence-electron chi connectivity index (χ3n) is 3.82. The Morgan fingerprint density at radius 3 is 2.52 bits per heavy atom. The number of aliphatic hydroxyl groups excluding tert-OH is 1. The Morgan fingerprint density at radius 1 is 1.24 bits per heavy atom. The van der Waals surface area contributed by atoms with Crippen molar-refractivity contribution in [1.82, 2.24) is 4.72 Å². The van der Waals surface area contributed by atoms with Gasteiger partial charge in [-0.2, -0.15) is 0 Å². The summed E-state index contributed by atoms with van der Waals surface area (Å²) < 4.78 is 37.3. The largest absolute Gasteiger partial charge is 0.493 e. The van der Waals surface area contributed by atoms with E-state index in [4.69, 9.17) is 9.47 Å². The van der Waals surface area contributed by atoms with Crippen molar-refractivity contribution in [3.8, 4) is 11.5 Å². The van der Waals surface area contributed by atoms with Crippen molar-refractivity contribution in [2.75, 3.05) is 20.8 Å². The molecule has 0 saturated heterocycles. The van der Waals surface area contributed by atoms with Gasteiger partial charge in [0, 0.05) is 12.6 Å². The normalized spacial score (nSPS) is 22.2. The molecule has 21 heavy (non-hydrogen) atoms. The first-order chi connectivity index (χ1) is 9.97. The lowest BCUT2D eigenvalue weighted by Gasteiger charge is -2.16. The molecule has 6 nitrogen and oxygen atoms in total. The van der Waals surface area contributed by atoms with E-state index < -0.39 is 16.1 Å². The molecule has 0 radical (unpaired) electrons. The van der Waals surface area contributed by atoms with Crippen molar-refractivity contribution in [2.45, 2.75) is 30.3 Å². The van der Waals surface area contributed by atoms with E-state index in [1.165, 1.54) is 26.4 Å². The minimum atomic E-state index is -3.63. The molecule has 0 spiro atoms. The molecule has 2 N–H and O–H groups in total. The minimum Gasteiger partial charge on any atom is -0.493 e. The van der Waals surface area contributed by atoms with E-state index in [9.17, 15) is 13.5 Å². The van der Waals surface area contributed by atoms with Gasteiger partial charge in [0.1, 0.15) is 0 Å². The van der Waals surface area contributed by atoms with Gasteiger partial charge in [0.25, 0.3) is 0 Å². The predicted molar refractivity (Wildman–Crippen MR) is 78.1 cm³/mol. The maximum atomic E-state index is 12.3. The molecule has 1 fully saturated rings. The summed E-state index contributed by atoms with van der Waals surface area (Å²) >= 11 is 0. The van der Waals surface area contributed by atoms with Crippen molar-refractivity contribution in [2.24, 2.45) is 5.92 Å². The summed E-state index contributed by atoms with van der Waals surface area (Å²) in [6.07, 6.45) is 2.10. The molecule has 2 unspecified atom stereocenters. The molecule has 1 aliphatic rings. The van der Waals surface area contributed by atoms with Gasteiger partial charge in [-0.25, -0.2) is 13.1 Å². The first-order valence-corrected chi connectivity index (χ1v) is 8.36. The Balaban J connectivity index is 2.11. The summed E-state index contributed by atoms with van der Waals surface area (Å²) in [6, 6.07) is 4.44. The Labute approximate surface area is 125 Å². The van der Waals surface area contributed by atoms with Gasteiger partial charge in [-0.15, -0.1) is 0 Å². The first kappa shape index (κ1) is 16.1. The Hall–Kier alpha value is -1.31. The van der Waals surface area contributed by atoms with E-state index in [0.717, 1.165) is 19.3 Å². The maximum absolute atomic E-state index is 12.3. The Morgan fingerprint density at radius 2 is 1.95 bits per heavy atom. The molecular weight excluding hydrogens is 294 g/mol. The summed E-state index contributed by atoms with van der Waals surface area (Å²) in [5, 5.41) is 9.74. The number of hydrogen-bond acceptors (Lipinski definition) is 5. The SMILES string of the molecule is COc1ccc(S(=O)(=O)NCC2CCCC2O)cc1OC. The number of benzene rings is 1. The molecule has 1 aliphatic carbocycles. The summed E-state index contributed by atoms with van der Waals surface area (Å²) in [4.78, 5) is 0.118. The predicted octanol–water partition coefficient (Wildman–Crippen LogP) is 1.14. The number of aliphatic hydroxyl groups is 1. The minimum absolute atomic E-state index is 0.0140. The Kier molecular flexibility index (Phi) is 5.08. The van der Waals surface area contributed by atoms with Crippen LogP contribution in [0.25, 0.3) is 0 Å². The maximum Gasteiger partial charge on any atom is 0.240 e. The topological polar surface area (TPSA) is 84.9 Å². The van der Waals surface area contributed by atoms with E-state index in [2.05, 4.69) is 4.72 Å². The molecule has 2 rings (SSSR count). The van der Waals surface area contributed by atoms with Crippen LogP contribution < -0.4 is 14.2 Å². The number of ether oxygens (including phenoxy) is 2. The fourth-order valence-electron chi connectivity index (χ4n) is 2.54. The molecule has 1 aromatic carbocycles. The van der Waals surface area contributed by atoms with Gasteiger partial charge in [-0.05, 0) is 30.9 Å². The quantitative estimate of drug-likeness (QED) is 0.822. The van der Waals surface area contributed by atoms with Crippen LogP contribution in [-0.2, 0) is 10.0 Å². The molecular formula is C14H21NO5S. The summed E-state index contributed by atoms with van der Waals surface area (Å²) in [6.45, 7) is 0.248. The van der Waals surface area contributed by atoms with Gasteiger partial charge in [-0.1, -0.05) is 6.42 Å². The lowest BCUT2D eigenvalue weighted by atomic mass is 10.1. The van der Waals surface area contributed by atoms with Gasteiger partial charge < -0.3 is 14.6 Å². The van der Waals surface area contributed by atoms with Gasteiger partial charge in [0.2, 0.25) is 10.0 Å². The molecule has 2 atom stereocenters. The van der Waals surface area contributed by atoms with Crippen LogP contribution in [0.1, 0.15) is 19.3 Å². The van der Waals surface area contributed by atoms with Gasteiger partial charge in [0.05, 0.1) is 25.2 Å². The van der Waals surface area contributed by atoms with Gasteiger partial charge in [-0.3, -0.25) is 0 Å². The third kappa shape index (κ3) is 3.66. The lowest BCUT2D eigenvalue weighted by molar-refractivity contribution is 0.134. The summed E-state index contributed by atoms with van der Waals surface area (Å²) in [5.41, 5.74) is 0. The highest BCUT2D eigenvalue weighted by molar-refractivity contribution is 7.89. The molecule has 0 bridgehead atoms. The van der Waals surface area contributed by atoms with E-state index in [1.807, 2.05) is 0 Å². The molecule has 0 aromatic heterocycles. The van der Waals surface area contributed by atoms with Crippen LogP contribution >= 0.6 is 0 Å². The number of nitrogens with one attached hydrogen (secondary N) is 1. The van der Waals surface area contributed by atoms with Gasteiger partial charge >= 0.3 is 0 Å². The number of methoxy groups -OCH3 is 2. The van der Waals surface area contributed by atoms with Crippen molar-refractivity contribution >= 4 is 10.0 Å². The van der Waals surface area contributed by atoms with Crippen molar-refractivity contribution in [1.29, 1.82) is 0 Å². The monoisotopic (exact) mass is 315 g/mol. The molecule has 118 valence electrons. The van der Waals surface area contributed by atoms with Crippen LogP contribution in [0.4, 0.5) is 0 Å². The van der Waals surface area contributed by atoms with Gasteiger partial charge in [0.15, 0.2) is 11.5 Å². The second-order valence-corrected chi connectivity index (χ2v) is 6.89. The van der Waals surface area contributed by atoms with Crippen LogP contribution in [0.15, 0.2) is 23.1 Å². The van der Waals surface area contributed by atoms with Crippen LogP contribution in [-0.4, -0.2) is 40.4 Å². The van der Waals surface area contributed by atoms with E-state index in [0.29, 0.717) is 11.5 Å². The lowest BCUT2D eigenvalue weighted by Crippen LogP contribution is -2.32. The van der Waals surface area contributed by atoms with Crippen LogP contribution in [0, 0.1) is 5.92 Å². The highest BCUT2D eigenvalue weighted by atomic mass is 32.2. The molecule has 1 saturated carbocycles. The zero-order valence-electron chi connectivity index (χ0n) is 12.2. The second-order valence-electron chi connectivity index (χ2n) is 5.13. The number of rotatable bonds is 6. The number of hydrogen-bond donors (Lipinski definition) is 2. The first-order valence-electron chi connectivity index (χ1n) is 6.87. The molecule has 0 heterocycles. The van der Waals surface area contributed by atoms with E-state index in [1.54, 1.807) is 6.07 Å². The average molecular weight is 315 g/mol. The fraction of sp³-hybridized carbons (Fsp3) is 0.571. The van der Waals surface area contributed by atoms with Crippen LogP contribution in [0.2, 0.25) is 0 Å². The van der Waals surface area contributed by atoms with E-state index in [-0.39, 0.29) is 17.4 Å². The van der Waals surface area contributed by atoms with Crippen LogP contribution in [0.5, 0.6) is 11.5 Å². The zero-order valence-corrected chi connectivity index (χ0v) is 13.0. The fourth-order valence-corrected chi connectivity index (χ4v) is 3.65. The third-order valence-corrected chi connectivity index (χ3v) is 5.24. The van der Waals surface area contributed by atoms with E-state index >= 15 is 0 Å².